The number of rotatable bonds is 7. The summed E-state index contributed by atoms with van der Waals surface area (Å²) in [6, 6.07) is 12.6. The molecule has 2 aromatic carbocycles. The summed E-state index contributed by atoms with van der Waals surface area (Å²) in [6.45, 7) is 0. The third-order valence-electron chi connectivity index (χ3n) is 3.97. The highest BCUT2D eigenvalue weighted by Crippen LogP contribution is 2.33. The Balaban J connectivity index is 1.74. The molecule has 0 unspecified atom stereocenters. The standard InChI is InChI=1S/C19H14N4O7/c1-29-14-5-7-16(17(10-14)23(27)28)18-8-6-15(30-18)11-20-21-19(24)12-3-2-4-13(9-12)22(25)26/h2-11H,1H3,(H,21,24)/b20-11-. The minimum absolute atomic E-state index is 0.0651. The van der Waals surface area contributed by atoms with E-state index in [-0.39, 0.29) is 34.0 Å². The maximum Gasteiger partial charge on any atom is 0.284 e. The zero-order chi connectivity index (χ0) is 21.7. The number of carbonyl (C=O) groups excluding carboxylic acids is 1. The Morgan fingerprint density at radius 3 is 2.60 bits per heavy atom. The molecule has 0 radical (unpaired) electrons. The van der Waals surface area contributed by atoms with Gasteiger partial charge in [0.15, 0.2) is 0 Å². The third-order valence-corrected chi connectivity index (χ3v) is 3.97. The fraction of sp³-hybridized carbons (Fsp3) is 0.0526. The van der Waals surface area contributed by atoms with Crippen LogP contribution in [0.2, 0.25) is 0 Å². The number of hydrogen-bond donors (Lipinski definition) is 1. The first-order valence-electron chi connectivity index (χ1n) is 8.39. The van der Waals surface area contributed by atoms with E-state index in [0.29, 0.717) is 5.75 Å². The van der Waals surface area contributed by atoms with Gasteiger partial charge in [0.05, 0.1) is 34.8 Å². The maximum absolute atomic E-state index is 12.1. The lowest BCUT2D eigenvalue weighted by Crippen LogP contribution is -2.17. The molecule has 1 aromatic heterocycles. The molecule has 11 heteroatoms. The van der Waals surface area contributed by atoms with E-state index in [1.165, 1.54) is 55.8 Å². The average Bonchev–Trinajstić information content (AvgIpc) is 3.21. The van der Waals surface area contributed by atoms with E-state index in [9.17, 15) is 25.0 Å². The van der Waals surface area contributed by atoms with Crippen LogP contribution in [0.3, 0.4) is 0 Å². The number of benzene rings is 2. The van der Waals surface area contributed by atoms with Crippen molar-refractivity contribution in [2.75, 3.05) is 7.11 Å². The van der Waals surface area contributed by atoms with Crippen LogP contribution in [0.1, 0.15) is 16.1 Å². The van der Waals surface area contributed by atoms with Crippen molar-refractivity contribution in [1.82, 2.24) is 5.43 Å². The van der Waals surface area contributed by atoms with Gasteiger partial charge in [-0.3, -0.25) is 25.0 Å². The molecule has 3 aromatic rings. The lowest BCUT2D eigenvalue weighted by atomic mass is 10.1. The Morgan fingerprint density at radius 1 is 1.10 bits per heavy atom. The molecule has 0 atom stereocenters. The van der Waals surface area contributed by atoms with Gasteiger partial charge in [-0.2, -0.15) is 5.10 Å². The summed E-state index contributed by atoms with van der Waals surface area (Å²) in [5, 5.41) is 25.8. The molecule has 0 saturated carbocycles. The smallest absolute Gasteiger partial charge is 0.284 e. The summed E-state index contributed by atoms with van der Waals surface area (Å²) in [4.78, 5) is 33.0. The number of hydrogen-bond acceptors (Lipinski definition) is 8. The molecule has 30 heavy (non-hydrogen) atoms. The average molecular weight is 410 g/mol. The number of nitro benzene ring substituents is 2. The topological polar surface area (TPSA) is 150 Å². The van der Waals surface area contributed by atoms with Gasteiger partial charge in [-0.25, -0.2) is 5.43 Å². The first-order chi connectivity index (χ1) is 14.4. The number of hydrazone groups is 1. The van der Waals surface area contributed by atoms with E-state index in [1.807, 2.05) is 0 Å². The third kappa shape index (κ3) is 4.47. The Morgan fingerprint density at radius 2 is 1.90 bits per heavy atom. The summed E-state index contributed by atoms with van der Waals surface area (Å²) in [6.07, 6.45) is 1.20. The minimum Gasteiger partial charge on any atom is -0.497 e. The van der Waals surface area contributed by atoms with Crippen molar-refractivity contribution >= 4 is 23.5 Å². The van der Waals surface area contributed by atoms with Gasteiger partial charge in [-0.1, -0.05) is 6.07 Å². The first-order valence-corrected chi connectivity index (χ1v) is 8.39. The summed E-state index contributed by atoms with van der Waals surface area (Å²) in [5.74, 6) is 0.153. The monoisotopic (exact) mass is 410 g/mol. The zero-order valence-electron chi connectivity index (χ0n) is 15.5. The molecule has 0 bridgehead atoms. The SMILES string of the molecule is COc1ccc(-c2ccc(/C=N\NC(=O)c3cccc([N+](=O)[O-])c3)o2)c([N+](=O)[O-])c1. The van der Waals surface area contributed by atoms with Crippen LogP contribution in [-0.2, 0) is 0 Å². The molecule has 0 saturated heterocycles. The van der Waals surface area contributed by atoms with Crippen LogP contribution in [-0.4, -0.2) is 29.1 Å². The van der Waals surface area contributed by atoms with Crippen molar-refractivity contribution < 1.29 is 23.8 Å². The van der Waals surface area contributed by atoms with Crippen LogP contribution in [0, 0.1) is 20.2 Å². The van der Waals surface area contributed by atoms with Crippen molar-refractivity contribution in [3.05, 3.63) is 86.1 Å². The number of furan rings is 1. The minimum atomic E-state index is -0.646. The second-order valence-electron chi connectivity index (χ2n) is 5.85. The molecule has 0 spiro atoms. The van der Waals surface area contributed by atoms with Crippen LogP contribution < -0.4 is 10.2 Å². The summed E-state index contributed by atoms with van der Waals surface area (Å²) in [5.41, 5.74) is 2.14. The largest absolute Gasteiger partial charge is 0.497 e. The van der Waals surface area contributed by atoms with Crippen LogP contribution in [0.25, 0.3) is 11.3 Å². The highest BCUT2D eigenvalue weighted by atomic mass is 16.6. The molecule has 1 amide bonds. The van der Waals surface area contributed by atoms with Gasteiger partial charge in [0.1, 0.15) is 17.3 Å². The van der Waals surface area contributed by atoms with E-state index in [4.69, 9.17) is 9.15 Å². The highest BCUT2D eigenvalue weighted by molar-refractivity contribution is 5.95. The number of ether oxygens (including phenoxy) is 1. The molecular weight excluding hydrogens is 396 g/mol. The molecular formula is C19H14N4O7. The summed E-state index contributed by atoms with van der Waals surface area (Å²) in [7, 11) is 1.40. The molecule has 11 nitrogen and oxygen atoms in total. The summed E-state index contributed by atoms with van der Waals surface area (Å²) < 4.78 is 10.5. The Bertz CT molecular complexity index is 1150. The number of methoxy groups -OCH3 is 1. The van der Waals surface area contributed by atoms with Gasteiger partial charge in [0.25, 0.3) is 17.3 Å². The number of amides is 1. The molecule has 3 rings (SSSR count). The highest BCUT2D eigenvalue weighted by Gasteiger charge is 2.19. The van der Waals surface area contributed by atoms with Crippen molar-refractivity contribution in [3.8, 4) is 17.1 Å². The van der Waals surface area contributed by atoms with Crippen LogP contribution in [0.5, 0.6) is 5.75 Å². The fourth-order valence-electron chi connectivity index (χ4n) is 2.54. The molecule has 0 aliphatic heterocycles. The van der Waals surface area contributed by atoms with Gasteiger partial charge < -0.3 is 9.15 Å². The number of nitrogens with zero attached hydrogens (tertiary/aromatic N) is 3. The van der Waals surface area contributed by atoms with E-state index in [0.717, 1.165) is 6.07 Å². The van der Waals surface area contributed by atoms with Gasteiger partial charge in [-0.15, -0.1) is 0 Å². The van der Waals surface area contributed by atoms with Crippen molar-refractivity contribution in [1.29, 1.82) is 0 Å². The van der Waals surface area contributed by atoms with Crippen molar-refractivity contribution in [2.24, 2.45) is 5.10 Å². The predicted octanol–water partition coefficient (Wildman–Crippen LogP) is 3.54. The summed E-state index contributed by atoms with van der Waals surface area (Å²) >= 11 is 0. The van der Waals surface area contributed by atoms with E-state index in [2.05, 4.69) is 10.5 Å². The Hall–Kier alpha value is -4.54. The quantitative estimate of drug-likeness (QED) is 0.355. The molecule has 0 fully saturated rings. The normalized spacial score (nSPS) is 10.7. The van der Waals surface area contributed by atoms with E-state index in [1.54, 1.807) is 6.07 Å². The van der Waals surface area contributed by atoms with E-state index >= 15 is 0 Å². The second-order valence-corrected chi connectivity index (χ2v) is 5.85. The van der Waals surface area contributed by atoms with Crippen molar-refractivity contribution in [3.63, 3.8) is 0 Å². The molecule has 1 heterocycles. The zero-order valence-corrected chi connectivity index (χ0v) is 15.5. The van der Waals surface area contributed by atoms with Gasteiger partial charge in [0.2, 0.25) is 0 Å². The number of nitrogens with one attached hydrogen (secondary N) is 1. The second kappa shape index (κ2) is 8.65. The number of non-ortho nitro benzene ring substituents is 1. The Kier molecular flexibility index (Phi) is 5.82. The van der Waals surface area contributed by atoms with Crippen LogP contribution >= 0.6 is 0 Å². The van der Waals surface area contributed by atoms with Crippen molar-refractivity contribution in [2.45, 2.75) is 0 Å². The van der Waals surface area contributed by atoms with Gasteiger partial charge in [0, 0.05) is 17.7 Å². The molecule has 152 valence electrons. The molecule has 0 aliphatic rings. The predicted molar refractivity (Wildman–Crippen MR) is 106 cm³/mol. The maximum atomic E-state index is 12.1. The van der Waals surface area contributed by atoms with Gasteiger partial charge >= 0.3 is 0 Å². The van der Waals surface area contributed by atoms with E-state index < -0.39 is 15.8 Å². The van der Waals surface area contributed by atoms with Crippen LogP contribution in [0.15, 0.2) is 64.1 Å². The lowest BCUT2D eigenvalue weighted by molar-refractivity contribution is -0.384. The van der Waals surface area contributed by atoms with Gasteiger partial charge in [-0.05, 0) is 30.3 Å². The first kappa shape index (κ1) is 20.2. The lowest BCUT2D eigenvalue weighted by Gasteiger charge is -2.03. The molecule has 0 aliphatic carbocycles. The number of nitro groups is 2. The molecule has 1 N–H and O–H groups in total. The number of carbonyl (C=O) groups is 1. The fourth-order valence-corrected chi connectivity index (χ4v) is 2.54. The van der Waals surface area contributed by atoms with Crippen LogP contribution in [0.4, 0.5) is 11.4 Å². The Labute approximate surface area is 168 Å².